The van der Waals surface area contributed by atoms with Crippen LogP contribution in [0.5, 0.6) is 0 Å². The molecule has 248 valence electrons. The number of amides is 3. The highest BCUT2D eigenvalue weighted by Crippen LogP contribution is 2.36. The van der Waals surface area contributed by atoms with Crippen molar-refractivity contribution < 1.29 is 37.4 Å². The van der Waals surface area contributed by atoms with Crippen LogP contribution in [-0.4, -0.2) is 59.3 Å². The average Bonchev–Trinajstić information content (AvgIpc) is 3.03. The fraction of sp³-hybridized carbons (Fsp3) is 0.371. The lowest BCUT2D eigenvalue weighted by molar-refractivity contribution is -0.142. The van der Waals surface area contributed by atoms with Crippen LogP contribution in [0.3, 0.4) is 0 Å². The van der Waals surface area contributed by atoms with Gasteiger partial charge in [0.1, 0.15) is 11.2 Å². The fourth-order valence-corrected chi connectivity index (χ4v) is 5.63. The summed E-state index contributed by atoms with van der Waals surface area (Å²) in [6.07, 6.45) is -5.11. The molecule has 1 aliphatic heterocycles. The monoisotopic (exact) mass is 650 g/mol. The Balaban J connectivity index is 1.66. The first-order valence-electron chi connectivity index (χ1n) is 15.1. The van der Waals surface area contributed by atoms with Gasteiger partial charge in [0.05, 0.1) is 17.2 Å². The molecule has 1 aliphatic rings. The van der Waals surface area contributed by atoms with Gasteiger partial charge in [0, 0.05) is 43.7 Å². The van der Waals surface area contributed by atoms with Crippen molar-refractivity contribution in [2.45, 2.75) is 57.4 Å². The number of ether oxygens (including phenoxy) is 1. The number of likely N-dealkylation sites (tertiary alicyclic amines) is 1. The van der Waals surface area contributed by atoms with Gasteiger partial charge in [-0.05, 0) is 80.6 Å². The summed E-state index contributed by atoms with van der Waals surface area (Å²) in [6, 6.07) is 18.3. The van der Waals surface area contributed by atoms with E-state index in [2.05, 4.69) is 10.6 Å². The number of rotatable bonds is 7. The number of carbonyl (C=O) groups is 3. The van der Waals surface area contributed by atoms with Crippen LogP contribution < -0.4 is 10.6 Å². The third kappa shape index (κ3) is 8.48. The highest BCUT2D eigenvalue weighted by atomic mass is 19.4. The molecule has 0 radical (unpaired) electrons. The van der Waals surface area contributed by atoms with Crippen LogP contribution in [0.1, 0.15) is 60.7 Å². The molecule has 3 aromatic rings. The lowest BCUT2D eigenvalue weighted by Gasteiger charge is -2.41. The molecule has 1 fully saturated rings. The van der Waals surface area contributed by atoms with Crippen molar-refractivity contribution >= 4 is 23.6 Å². The number of hydrogen-bond acceptors (Lipinski definition) is 6. The number of anilines is 1. The molecule has 0 aromatic heterocycles. The van der Waals surface area contributed by atoms with Crippen molar-refractivity contribution in [2.75, 3.05) is 25.5 Å². The summed E-state index contributed by atoms with van der Waals surface area (Å²) in [5.74, 6) is -1.86. The fourth-order valence-electron chi connectivity index (χ4n) is 5.63. The topological polar surface area (TPSA) is 132 Å². The maximum Gasteiger partial charge on any atom is 0.417 e. The number of carbonyl (C=O) groups excluding carboxylic acids is 3. The molecule has 4 rings (SSSR count). The van der Waals surface area contributed by atoms with Gasteiger partial charge in [-0.1, -0.05) is 36.4 Å². The molecule has 3 N–H and O–H groups in total. The van der Waals surface area contributed by atoms with Crippen LogP contribution in [0.2, 0.25) is 0 Å². The second-order valence-corrected chi connectivity index (χ2v) is 12.5. The Morgan fingerprint density at radius 3 is 2.21 bits per heavy atom. The number of hydrogen-bond donors (Lipinski definition) is 3. The molecule has 1 saturated heterocycles. The van der Waals surface area contributed by atoms with Gasteiger partial charge in [0.2, 0.25) is 0 Å². The van der Waals surface area contributed by atoms with Gasteiger partial charge in [0.15, 0.2) is 0 Å². The van der Waals surface area contributed by atoms with Gasteiger partial charge in [-0.15, -0.1) is 0 Å². The molecule has 47 heavy (non-hydrogen) atoms. The third-order valence-electron chi connectivity index (χ3n) is 8.00. The van der Waals surface area contributed by atoms with Crippen LogP contribution in [-0.2, 0) is 22.1 Å². The molecule has 0 aliphatic carbocycles. The molecule has 3 aromatic carbocycles. The average molecular weight is 651 g/mol. The Hall–Kier alpha value is -4.89. The standard InChI is InChI=1S/C35H37F3N4O5/c1-33(2,3)47-32(45)42-15-13-27(14-16-42)34(46,31(44)41-28-12-11-26(21-39)29(19-28)35(36,37)38)20-22-7-5-8-23(17-22)24-9-6-10-25(18-24)30(43)40-4/h5-12,17-19,27,46H,13-16,20H2,1-4H3,(H,40,43)(H,41,44). The van der Waals surface area contributed by atoms with E-state index in [1.807, 2.05) is 12.1 Å². The number of nitrogens with zero attached hydrogens (tertiary/aromatic N) is 2. The van der Waals surface area contributed by atoms with Gasteiger partial charge in [-0.3, -0.25) is 9.59 Å². The van der Waals surface area contributed by atoms with Gasteiger partial charge in [-0.2, -0.15) is 18.4 Å². The number of aliphatic hydroxyl groups is 1. The minimum atomic E-state index is -4.84. The Kier molecular flexibility index (Phi) is 10.3. The van der Waals surface area contributed by atoms with Gasteiger partial charge < -0.3 is 25.4 Å². The SMILES string of the molecule is CNC(=O)c1cccc(-c2cccc(CC(O)(C(=O)Nc3ccc(C#N)c(C(F)(F)F)c3)C3CCN(C(=O)OC(C)(C)C)CC3)c2)c1. The molecule has 12 heteroatoms. The normalized spacial score (nSPS) is 15.3. The number of halogens is 3. The maximum absolute atomic E-state index is 13.9. The second kappa shape index (κ2) is 13.8. The van der Waals surface area contributed by atoms with Crippen molar-refractivity contribution in [3.63, 3.8) is 0 Å². The first-order chi connectivity index (χ1) is 22.0. The zero-order valence-corrected chi connectivity index (χ0v) is 26.6. The van der Waals surface area contributed by atoms with Crippen LogP contribution >= 0.6 is 0 Å². The van der Waals surface area contributed by atoms with E-state index in [1.165, 1.54) is 24.1 Å². The predicted molar refractivity (Wildman–Crippen MR) is 169 cm³/mol. The number of nitriles is 1. The van der Waals surface area contributed by atoms with E-state index in [-0.39, 0.29) is 43.9 Å². The lowest BCUT2D eigenvalue weighted by atomic mass is 9.76. The van der Waals surface area contributed by atoms with Crippen LogP contribution in [0.4, 0.5) is 23.7 Å². The van der Waals surface area contributed by atoms with E-state index in [0.29, 0.717) is 17.2 Å². The number of benzene rings is 3. The summed E-state index contributed by atoms with van der Waals surface area (Å²) < 4.78 is 46.4. The summed E-state index contributed by atoms with van der Waals surface area (Å²) in [5, 5.41) is 26.4. The summed E-state index contributed by atoms with van der Waals surface area (Å²) in [5.41, 5.74) is -2.40. The van der Waals surface area contributed by atoms with E-state index >= 15 is 0 Å². The van der Waals surface area contributed by atoms with E-state index in [9.17, 15) is 32.7 Å². The largest absolute Gasteiger partial charge is 0.444 e. The van der Waals surface area contributed by atoms with Gasteiger partial charge in [-0.25, -0.2) is 4.79 Å². The van der Waals surface area contributed by atoms with Gasteiger partial charge in [0.25, 0.3) is 11.8 Å². The summed E-state index contributed by atoms with van der Waals surface area (Å²) in [7, 11) is 1.53. The summed E-state index contributed by atoms with van der Waals surface area (Å²) in [4.78, 5) is 40.3. The third-order valence-corrected chi connectivity index (χ3v) is 8.00. The quantitative estimate of drug-likeness (QED) is 0.281. The smallest absolute Gasteiger partial charge is 0.417 e. The number of piperidine rings is 1. The molecule has 0 saturated carbocycles. The van der Waals surface area contributed by atoms with Gasteiger partial charge >= 0.3 is 12.3 Å². The molecule has 1 atom stereocenters. The zero-order valence-electron chi connectivity index (χ0n) is 26.6. The van der Waals surface area contributed by atoms with E-state index in [1.54, 1.807) is 57.2 Å². The molecule has 3 amide bonds. The van der Waals surface area contributed by atoms with Crippen molar-refractivity contribution in [2.24, 2.45) is 5.92 Å². The van der Waals surface area contributed by atoms with Crippen LogP contribution in [0.25, 0.3) is 11.1 Å². The number of nitrogens with one attached hydrogen (secondary N) is 2. The predicted octanol–water partition coefficient (Wildman–Crippen LogP) is 6.16. The minimum Gasteiger partial charge on any atom is -0.444 e. The molecule has 9 nitrogen and oxygen atoms in total. The Labute approximate surface area is 271 Å². The molecular weight excluding hydrogens is 613 g/mol. The highest BCUT2D eigenvalue weighted by molar-refractivity contribution is 5.98. The Morgan fingerprint density at radius 1 is 0.979 bits per heavy atom. The highest BCUT2D eigenvalue weighted by Gasteiger charge is 2.46. The maximum atomic E-state index is 13.9. The summed E-state index contributed by atoms with van der Waals surface area (Å²) >= 11 is 0. The molecular formula is C35H37F3N4O5. The van der Waals surface area contributed by atoms with Crippen molar-refractivity contribution in [1.82, 2.24) is 10.2 Å². The number of alkyl halides is 3. The lowest BCUT2D eigenvalue weighted by Crippen LogP contribution is -2.55. The summed E-state index contributed by atoms with van der Waals surface area (Å²) in [6.45, 7) is 5.62. The molecule has 0 spiro atoms. The molecule has 0 bridgehead atoms. The van der Waals surface area contributed by atoms with Crippen LogP contribution in [0.15, 0.2) is 66.7 Å². The van der Waals surface area contributed by atoms with E-state index in [4.69, 9.17) is 10.00 Å². The van der Waals surface area contributed by atoms with E-state index < -0.39 is 46.4 Å². The zero-order chi connectivity index (χ0) is 34.6. The van der Waals surface area contributed by atoms with Crippen molar-refractivity contribution in [3.05, 3.63) is 89.0 Å². The first kappa shape index (κ1) is 35.0. The molecule has 1 unspecified atom stereocenters. The van der Waals surface area contributed by atoms with E-state index in [0.717, 1.165) is 17.2 Å². The van der Waals surface area contributed by atoms with Crippen LogP contribution in [0, 0.1) is 17.2 Å². The van der Waals surface area contributed by atoms with Crippen molar-refractivity contribution in [3.8, 4) is 17.2 Å². The second-order valence-electron chi connectivity index (χ2n) is 12.5. The molecule has 1 heterocycles. The van der Waals surface area contributed by atoms with Crippen molar-refractivity contribution in [1.29, 1.82) is 5.26 Å². The first-order valence-corrected chi connectivity index (χ1v) is 15.1. The Morgan fingerprint density at radius 2 is 1.62 bits per heavy atom. The Bertz CT molecular complexity index is 1690. The minimum absolute atomic E-state index is 0.191.